The Kier molecular flexibility index (Phi) is 6.86. The molecular weight excluding hydrogens is 358 g/mol. The van der Waals surface area contributed by atoms with Crippen LogP contribution in [-0.2, 0) is 0 Å². The molecule has 2 aromatic carbocycles. The second-order valence-electron chi connectivity index (χ2n) is 4.62. The Morgan fingerprint density at radius 1 is 1.08 bits per heavy atom. The van der Waals surface area contributed by atoms with Crippen molar-refractivity contribution in [2.45, 2.75) is 0 Å². The van der Waals surface area contributed by atoms with E-state index < -0.39 is 0 Å². The smallest absolute Gasteiger partial charge is 0.300 e. The molecule has 0 radical (unpaired) electrons. The highest BCUT2D eigenvalue weighted by Gasteiger charge is 2.03. The van der Waals surface area contributed by atoms with Crippen LogP contribution >= 0.6 is 24.6 Å². The van der Waals surface area contributed by atoms with Crippen molar-refractivity contribution < 1.29 is 4.74 Å². The van der Waals surface area contributed by atoms with Gasteiger partial charge in [0.25, 0.3) is 6.01 Å². The second kappa shape index (κ2) is 9.34. The van der Waals surface area contributed by atoms with E-state index in [9.17, 15) is 0 Å². The molecule has 0 saturated heterocycles. The third-order valence-corrected chi connectivity index (χ3v) is 3.09. The number of aromatic nitrogens is 4. The predicted molar refractivity (Wildman–Crippen MR) is 103 cm³/mol. The number of imidazole rings is 2. The van der Waals surface area contributed by atoms with Gasteiger partial charge in [-0.05, 0) is 48.6 Å². The zero-order valence-electron chi connectivity index (χ0n) is 12.9. The Morgan fingerprint density at radius 3 is 2.48 bits per heavy atom. The van der Waals surface area contributed by atoms with Crippen molar-refractivity contribution in [3.8, 4) is 11.8 Å². The summed E-state index contributed by atoms with van der Waals surface area (Å²) in [5, 5.41) is 2.32. The lowest BCUT2D eigenvalue weighted by molar-refractivity contribution is 0.449. The number of ether oxygens (including phenoxy) is 1. The first-order valence-corrected chi connectivity index (χ1v) is 7.49. The van der Waals surface area contributed by atoms with Gasteiger partial charge in [-0.2, -0.15) is 9.98 Å². The highest BCUT2D eigenvalue weighted by atomic mass is 35.5. The number of nitrogens with one attached hydrogen (secondary N) is 2. The lowest BCUT2D eigenvalue weighted by Gasteiger charge is -2.00. The quantitative estimate of drug-likeness (QED) is 0.395. The SMILES string of the molecule is Cl.S=C=Nc1ccc(Oc2nc3ccccc3[nH]2)cc1.c1c[nH]cn1. The molecule has 25 heavy (non-hydrogen) atoms. The van der Waals surface area contributed by atoms with Crippen molar-refractivity contribution in [2.75, 3.05) is 0 Å². The van der Waals surface area contributed by atoms with Crippen molar-refractivity contribution in [1.82, 2.24) is 19.9 Å². The Morgan fingerprint density at radius 2 is 1.88 bits per heavy atom. The van der Waals surface area contributed by atoms with Gasteiger partial charge in [0, 0.05) is 12.4 Å². The lowest BCUT2D eigenvalue weighted by atomic mass is 10.3. The van der Waals surface area contributed by atoms with E-state index in [0.717, 1.165) is 16.7 Å². The monoisotopic (exact) mass is 371 g/mol. The van der Waals surface area contributed by atoms with Gasteiger partial charge >= 0.3 is 0 Å². The number of halogens is 1. The minimum atomic E-state index is 0. The molecule has 0 fully saturated rings. The predicted octanol–water partition coefficient (Wildman–Crippen LogP) is 4.92. The molecule has 6 nitrogen and oxygen atoms in total. The van der Waals surface area contributed by atoms with E-state index >= 15 is 0 Å². The maximum Gasteiger partial charge on any atom is 0.300 e. The summed E-state index contributed by atoms with van der Waals surface area (Å²) in [5.41, 5.74) is 2.56. The van der Waals surface area contributed by atoms with Crippen molar-refractivity contribution in [3.05, 3.63) is 67.3 Å². The number of thiocarbonyl (C=S) groups is 1. The number of nitrogens with zero attached hydrogens (tertiary/aromatic N) is 3. The first kappa shape index (κ1) is 18.4. The molecule has 2 heterocycles. The fourth-order valence-electron chi connectivity index (χ4n) is 1.95. The number of hydrogen-bond acceptors (Lipinski definition) is 5. The Labute approximate surface area is 155 Å². The lowest BCUT2D eigenvalue weighted by Crippen LogP contribution is -1.84. The fourth-order valence-corrected chi connectivity index (χ4v) is 2.05. The first-order valence-electron chi connectivity index (χ1n) is 7.08. The molecule has 0 aliphatic heterocycles. The van der Waals surface area contributed by atoms with Crippen molar-refractivity contribution in [2.24, 2.45) is 4.99 Å². The fraction of sp³-hybridized carbons (Fsp3) is 0. The second-order valence-corrected chi connectivity index (χ2v) is 4.80. The van der Waals surface area contributed by atoms with Crippen LogP contribution in [0.3, 0.4) is 0 Å². The average molecular weight is 372 g/mol. The van der Waals surface area contributed by atoms with Gasteiger partial charge in [0.2, 0.25) is 0 Å². The average Bonchev–Trinajstić information content (AvgIpc) is 3.29. The third kappa shape index (κ3) is 5.26. The molecule has 0 aliphatic rings. The Hall–Kier alpha value is -2.99. The largest absolute Gasteiger partial charge is 0.426 e. The summed E-state index contributed by atoms with van der Waals surface area (Å²) >= 11 is 4.55. The number of hydrogen-bond donors (Lipinski definition) is 2. The van der Waals surface area contributed by atoms with Crippen LogP contribution in [0.5, 0.6) is 11.8 Å². The maximum absolute atomic E-state index is 5.64. The van der Waals surface area contributed by atoms with Crippen molar-refractivity contribution in [3.63, 3.8) is 0 Å². The number of aromatic amines is 2. The topological polar surface area (TPSA) is 79.0 Å². The molecule has 0 unspecified atom stereocenters. The molecule has 2 N–H and O–H groups in total. The molecule has 4 aromatic rings. The number of benzene rings is 2. The minimum absolute atomic E-state index is 0. The van der Waals surface area contributed by atoms with E-state index in [1.54, 1.807) is 43.0 Å². The molecule has 0 atom stereocenters. The molecule has 4 rings (SSSR count). The number of H-pyrrole nitrogens is 2. The molecule has 0 saturated carbocycles. The number of isothiocyanates is 1. The van der Waals surface area contributed by atoms with E-state index in [0.29, 0.717) is 11.8 Å². The normalized spacial score (nSPS) is 9.28. The van der Waals surface area contributed by atoms with E-state index in [-0.39, 0.29) is 12.4 Å². The van der Waals surface area contributed by atoms with Gasteiger partial charge in [0.05, 0.1) is 28.2 Å². The molecule has 0 amide bonds. The Bertz CT molecular complexity index is 897. The summed E-state index contributed by atoms with van der Waals surface area (Å²) < 4.78 is 5.64. The van der Waals surface area contributed by atoms with E-state index in [2.05, 4.69) is 42.3 Å². The molecule has 126 valence electrons. The van der Waals surface area contributed by atoms with E-state index in [4.69, 9.17) is 4.74 Å². The number of para-hydroxylation sites is 2. The number of rotatable bonds is 3. The highest BCUT2D eigenvalue weighted by Crippen LogP contribution is 2.23. The Balaban J connectivity index is 0.000000325. The van der Waals surface area contributed by atoms with Crippen molar-refractivity contribution >= 4 is 46.5 Å². The van der Waals surface area contributed by atoms with Crippen LogP contribution in [0.2, 0.25) is 0 Å². The first-order chi connectivity index (χ1) is 11.8. The molecule has 2 aromatic heterocycles. The van der Waals surface area contributed by atoms with Gasteiger partial charge in [-0.25, -0.2) is 4.98 Å². The zero-order chi connectivity index (χ0) is 16.6. The van der Waals surface area contributed by atoms with Crippen LogP contribution in [0.4, 0.5) is 5.69 Å². The van der Waals surface area contributed by atoms with Gasteiger partial charge in [0.15, 0.2) is 0 Å². The summed E-state index contributed by atoms with van der Waals surface area (Å²) in [6, 6.07) is 15.4. The van der Waals surface area contributed by atoms with Crippen LogP contribution in [0.15, 0.2) is 72.2 Å². The molecule has 0 spiro atoms. The van der Waals surface area contributed by atoms with E-state index in [1.807, 2.05) is 24.3 Å². The summed E-state index contributed by atoms with van der Waals surface area (Å²) in [7, 11) is 0. The van der Waals surface area contributed by atoms with Crippen LogP contribution in [0.25, 0.3) is 11.0 Å². The zero-order valence-corrected chi connectivity index (χ0v) is 14.6. The summed E-state index contributed by atoms with van der Waals surface area (Å²) in [4.78, 5) is 17.7. The van der Waals surface area contributed by atoms with Gasteiger partial charge in [0.1, 0.15) is 5.75 Å². The number of fused-ring (bicyclic) bond motifs is 1. The van der Waals surface area contributed by atoms with Crippen molar-refractivity contribution in [1.29, 1.82) is 0 Å². The summed E-state index contributed by atoms with van der Waals surface area (Å²) in [6.45, 7) is 0. The van der Waals surface area contributed by atoms with Gasteiger partial charge < -0.3 is 14.7 Å². The van der Waals surface area contributed by atoms with Crippen LogP contribution in [0.1, 0.15) is 0 Å². The van der Waals surface area contributed by atoms with E-state index in [1.165, 1.54) is 0 Å². The maximum atomic E-state index is 5.64. The molecule has 8 heteroatoms. The van der Waals surface area contributed by atoms with Crippen LogP contribution < -0.4 is 4.74 Å². The van der Waals surface area contributed by atoms with Crippen LogP contribution in [-0.4, -0.2) is 25.1 Å². The number of aliphatic imine (C=N–C) groups is 1. The van der Waals surface area contributed by atoms with Crippen LogP contribution in [0, 0.1) is 0 Å². The van der Waals surface area contributed by atoms with Gasteiger partial charge in [-0.1, -0.05) is 12.1 Å². The summed E-state index contributed by atoms with van der Waals surface area (Å²) in [6.07, 6.45) is 5.08. The highest BCUT2D eigenvalue weighted by molar-refractivity contribution is 7.78. The standard InChI is InChI=1S/C14H9N3OS.C3H4N2.ClH/c19-9-15-10-5-7-11(8-6-10)18-14-16-12-3-1-2-4-13(12)17-14;1-2-5-3-4-1;/h1-8H,(H,16,17);1-3H,(H,4,5);1H. The molecule has 0 bridgehead atoms. The molecular formula is C17H14ClN5OS. The third-order valence-electron chi connectivity index (χ3n) is 3.00. The minimum Gasteiger partial charge on any atom is -0.426 e. The molecule has 0 aliphatic carbocycles. The van der Waals surface area contributed by atoms with Gasteiger partial charge in [-0.3, -0.25) is 0 Å². The summed E-state index contributed by atoms with van der Waals surface area (Å²) in [5.74, 6) is 0.683. The van der Waals surface area contributed by atoms with Gasteiger partial charge in [-0.15, -0.1) is 12.4 Å².